The van der Waals surface area contributed by atoms with Crippen LogP contribution >= 0.6 is 0 Å². The fourth-order valence-corrected chi connectivity index (χ4v) is 4.27. The van der Waals surface area contributed by atoms with Gasteiger partial charge in [-0.1, -0.05) is 56.5 Å². The summed E-state index contributed by atoms with van der Waals surface area (Å²) < 4.78 is 0. The highest BCUT2D eigenvalue weighted by Crippen LogP contribution is 2.33. The largest absolute Gasteiger partial charge is 0.305 e. The molecule has 2 atom stereocenters. The zero-order valence-electron chi connectivity index (χ0n) is 13.6. The molecule has 2 fully saturated rings. The topological polar surface area (TPSA) is 15.3 Å². The van der Waals surface area contributed by atoms with Crippen LogP contribution in [0.25, 0.3) is 0 Å². The first kappa shape index (κ1) is 15.1. The van der Waals surface area contributed by atoms with Gasteiger partial charge in [-0.25, -0.2) is 0 Å². The van der Waals surface area contributed by atoms with Gasteiger partial charge in [-0.2, -0.15) is 0 Å². The van der Waals surface area contributed by atoms with Gasteiger partial charge in [-0.3, -0.25) is 4.90 Å². The predicted octanol–water partition coefficient (Wildman–Crippen LogP) is 3.92. The first-order valence-corrected chi connectivity index (χ1v) is 8.79. The molecule has 0 spiro atoms. The van der Waals surface area contributed by atoms with Crippen LogP contribution in [0, 0.1) is 0 Å². The molecule has 0 bridgehead atoms. The first-order valence-electron chi connectivity index (χ1n) is 8.79. The zero-order valence-corrected chi connectivity index (χ0v) is 13.6. The van der Waals surface area contributed by atoms with Crippen LogP contribution in [0.2, 0.25) is 0 Å². The molecule has 21 heavy (non-hydrogen) atoms. The van der Waals surface area contributed by atoms with E-state index < -0.39 is 0 Å². The number of hydrogen-bond acceptors (Lipinski definition) is 2. The third-order valence-electron chi connectivity index (χ3n) is 5.52. The number of hydrogen-bond donors (Lipinski definition) is 1. The molecule has 116 valence electrons. The summed E-state index contributed by atoms with van der Waals surface area (Å²) in [5.74, 6) is 0. The molecule has 2 nitrogen and oxygen atoms in total. The van der Waals surface area contributed by atoms with Crippen molar-refractivity contribution in [2.24, 2.45) is 0 Å². The monoisotopic (exact) mass is 286 g/mol. The van der Waals surface area contributed by atoms with Crippen LogP contribution in [0.3, 0.4) is 0 Å². The van der Waals surface area contributed by atoms with Crippen molar-refractivity contribution in [2.75, 3.05) is 13.1 Å². The van der Waals surface area contributed by atoms with Gasteiger partial charge in [0, 0.05) is 25.2 Å². The maximum atomic E-state index is 3.86. The second kappa shape index (κ2) is 6.50. The van der Waals surface area contributed by atoms with Gasteiger partial charge in [0.2, 0.25) is 0 Å². The Hall–Kier alpha value is -0.860. The van der Waals surface area contributed by atoms with E-state index in [1.807, 2.05) is 0 Å². The van der Waals surface area contributed by atoms with Crippen molar-refractivity contribution in [3.63, 3.8) is 0 Å². The Morgan fingerprint density at radius 2 is 1.90 bits per heavy atom. The van der Waals surface area contributed by atoms with Crippen LogP contribution in [-0.4, -0.2) is 30.1 Å². The van der Waals surface area contributed by atoms with Gasteiger partial charge in [0.1, 0.15) is 0 Å². The van der Waals surface area contributed by atoms with E-state index in [-0.39, 0.29) is 5.54 Å². The summed E-state index contributed by atoms with van der Waals surface area (Å²) >= 11 is 0. The van der Waals surface area contributed by atoms with E-state index in [9.17, 15) is 0 Å². The minimum atomic E-state index is 0.105. The molecule has 2 unspecified atom stereocenters. The maximum Gasteiger partial charge on any atom is 0.0535 e. The highest BCUT2D eigenvalue weighted by atomic mass is 15.3. The van der Waals surface area contributed by atoms with Crippen molar-refractivity contribution in [3.05, 3.63) is 35.9 Å². The van der Waals surface area contributed by atoms with E-state index in [1.54, 1.807) is 0 Å². The summed E-state index contributed by atoms with van der Waals surface area (Å²) in [5, 5.41) is 3.86. The van der Waals surface area contributed by atoms with E-state index in [2.05, 4.69) is 54.4 Å². The normalized spacial score (nSPS) is 31.6. The fourth-order valence-electron chi connectivity index (χ4n) is 4.27. The molecule has 1 saturated carbocycles. The Kier molecular flexibility index (Phi) is 4.66. The first-order chi connectivity index (χ1) is 10.2. The molecule has 0 amide bonds. The number of nitrogens with one attached hydrogen (secondary N) is 1. The minimum Gasteiger partial charge on any atom is -0.305 e. The van der Waals surface area contributed by atoms with Crippen LogP contribution in [0.4, 0.5) is 0 Å². The smallest absolute Gasteiger partial charge is 0.0535 e. The maximum absolute atomic E-state index is 3.86. The number of benzene rings is 1. The van der Waals surface area contributed by atoms with Crippen molar-refractivity contribution in [1.29, 1.82) is 0 Å². The van der Waals surface area contributed by atoms with Crippen molar-refractivity contribution in [2.45, 2.75) is 70.0 Å². The van der Waals surface area contributed by atoms with E-state index in [4.69, 9.17) is 0 Å². The van der Waals surface area contributed by atoms with E-state index in [0.29, 0.717) is 0 Å². The number of nitrogens with zero attached hydrogens (tertiary/aromatic N) is 1. The second-order valence-corrected chi connectivity index (χ2v) is 7.13. The molecule has 1 aromatic carbocycles. The highest BCUT2D eigenvalue weighted by Gasteiger charge is 2.39. The van der Waals surface area contributed by atoms with Gasteiger partial charge in [0.15, 0.2) is 0 Å². The average molecular weight is 286 g/mol. The van der Waals surface area contributed by atoms with E-state index >= 15 is 0 Å². The summed E-state index contributed by atoms with van der Waals surface area (Å²) in [6.07, 6.45) is 8.28. The molecule has 0 radical (unpaired) electrons. The lowest BCUT2D eigenvalue weighted by atomic mass is 9.86. The lowest BCUT2D eigenvalue weighted by Gasteiger charge is -2.49. The number of piperazine rings is 1. The van der Waals surface area contributed by atoms with Crippen molar-refractivity contribution in [1.82, 2.24) is 10.2 Å². The summed E-state index contributed by atoms with van der Waals surface area (Å²) in [4.78, 5) is 2.85. The Balaban J connectivity index is 1.80. The molecule has 1 heterocycles. The van der Waals surface area contributed by atoms with E-state index in [1.165, 1.54) is 44.1 Å². The zero-order chi connectivity index (χ0) is 14.7. The molecular weight excluding hydrogens is 256 g/mol. The molecular formula is C19H30N2. The molecule has 1 aliphatic carbocycles. The van der Waals surface area contributed by atoms with Gasteiger partial charge in [-0.05, 0) is 31.7 Å². The van der Waals surface area contributed by atoms with Crippen LogP contribution in [0.1, 0.15) is 57.9 Å². The van der Waals surface area contributed by atoms with Gasteiger partial charge in [-0.15, -0.1) is 0 Å². The van der Waals surface area contributed by atoms with Crippen molar-refractivity contribution in [3.8, 4) is 0 Å². The molecule has 0 aromatic heterocycles. The van der Waals surface area contributed by atoms with Crippen molar-refractivity contribution >= 4 is 0 Å². The molecule has 1 N–H and O–H groups in total. The van der Waals surface area contributed by atoms with Gasteiger partial charge in [0.25, 0.3) is 0 Å². The fraction of sp³-hybridized carbons (Fsp3) is 0.684. The molecule has 2 aliphatic rings. The van der Waals surface area contributed by atoms with Crippen molar-refractivity contribution < 1.29 is 0 Å². The molecule has 1 aliphatic heterocycles. The minimum absolute atomic E-state index is 0.105. The Morgan fingerprint density at radius 3 is 2.57 bits per heavy atom. The highest BCUT2D eigenvalue weighted by molar-refractivity contribution is 5.25. The lowest BCUT2D eigenvalue weighted by molar-refractivity contribution is 0.0434. The van der Waals surface area contributed by atoms with Crippen LogP contribution in [0.15, 0.2) is 30.3 Å². The SMILES string of the molecule is CCCC1CNC(C)(c2ccccc2)CN1C1CCCC1. The van der Waals surface area contributed by atoms with Gasteiger partial charge >= 0.3 is 0 Å². The summed E-state index contributed by atoms with van der Waals surface area (Å²) in [6, 6.07) is 12.6. The van der Waals surface area contributed by atoms with Gasteiger partial charge < -0.3 is 5.32 Å². The second-order valence-electron chi connectivity index (χ2n) is 7.13. The molecule has 2 heteroatoms. The predicted molar refractivity (Wildman–Crippen MR) is 89.5 cm³/mol. The van der Waals surface area contributed by atoms with Crippen LogP contribution in [0.5, 0.6) is 0 Å². The third kappa shape index (κ3) is 3.17. The summed E-state index contributed by atoms with van der Waals surface area (Å²) in [6.45, 7) is 6.99. The quantitative estimate of drug-likeness (QED) is 0.902. The Labute approximate surface area is 129 Å². The Morgan fingerprint density at radius 1 is 1.19 bits per heavy atom. The standard InChI is InChI=1S/C19H30N2/c1-3-9-18-14-20-19(2,16-10-5-4-6-11-16)15-21(18)17-12-7-8-13-17/h4-6,10-11,17-18,20H,3,7-9,12-15H2,1-2H3. The van der Waals surface area contributed by atoms with Gasteiger partial charge in [0.05, 0.1) is 5.54 Å². The molecule has 1 aromatic rings. The van der Waals surface area contributed by atoms with Crippen LogP contribution in [-0.2, 0) is 5.54 Å². The molecule has 1 saturated heterocycles. The van der Waals surface area contributed by atoms with Crippen LogP contribution < -0.4 is 5.32 Å². The average Bonchev–Trinajstić information content (AvgIpc) is 3.05. The lowest BCUT2D eigenvalue weighted by Crippen LogP contribution is -2.63. The summed E-state index contributed by atoms with van der Waals surface area (Å²) in [5.41, 5.74) is 1.54. The third-order valence-corrected chi connectivity index (χ3v) is 5.52. The van der Waals surface area contributed by atoms with E-state index in [0.717, 1.165) is 25.2 Å². The number of rotatable bonds is 4. The summed E-state index contributed by atoms with van der Waals surface area (Å²) in [7, 11) is 0. The Bertz CT molecular complexity index is 438. The molecule has 3 rings (SSSR count).